The lowest BCUT2D eigenvalue weighted by Crippen LogP contribution is -2.50. The van der Waals surface area contributed by atoms with E-state index in [1.54, 1.807) is 37.3 Å². The van der Waals surface area contributed by atoms with Crippen molar-refractivity contribution in [2.75, 3.05) is 7.11 Å². The van der Waals surface area contributed by atoms with E-state index >= 15 is 0 Å². The Kier molecular flexibility index (Phi) is 12.5. The zero-order chi connectivity index (χ0) is 32.3. The number of benzene rings is 4. The first-order chi connectivity index (χ1) is 21.6. The summed E-state index contributed by atoms with van der Waals surface area (Å²) in [5, 5.41) is 8.18. The fourth-order valence-corrected chi connectivity index (χ4v) is 5.35. The van der Waals surface area contributed by atoms with Gasteiger partial charge in [0.2, 0.25) is 0 Å². The molecule has 0 aliphatic rings. The van der Waals surface area contributed by atoms with Crippen molar-refractivity contribution in [3.63, 3.8) is 0 Å². The third kappa shape index (κ3) is 9.86. The van der Waals surface area contributed by atoms with Gasteiger partial charge in [-0.2, -0.15) is 5.10 Å². The molecule has 0 unspecified atom stereocenters. The van der Waals surface area contributed by atoms with Crippen LogP contribution in [-0.2, 0) is 22.6 Å². The predicted octanol–water partition coefficient (Wildman–Crippen LogP) is 7.64. The molecule has 0 saturated heterocycles. The number of carbonyl (C=O) groups excluding carboxylic acids is 2. The quantitative estimate of drug-likeness (QED) is 0.109. The van der Waals surface area contributed by atoms with Crippen LogP contribution in [0.4, 0.5) is 0 Å². The number of carbonyl (C=O) groups is 2. The van der Waals surface area contributed by atoms with Crippen molar-refractivity contribution < 1.29 is 23.8 Å². The van der Waals surface area contributed by atoms with Crippen molar-refractivity contribution in [3.05, 3.63) is 121 Å². The van der Waals surface area contributed by atoms with Gasteiger partial charge in [-0.05, 0) is 70.4 Å². The highest BCUT2D eigenvalue weighted by Gasteiger charge is 2.25. The van der Waals surface area contributed by atoms with Crippen LogP contribution in [-0.4, -0.2) is 37.3 Å². The van der Waals surface area contributed by atoms with Crippen LogP contribution in [0.3, 0.4) is 0 Å². The molecule has 8 nitrogen and oxygen atoms in total. The van der Waals surface area contributed by atoms with Gasteiger partial charge in [0.1, 0.15) is 18.4 Å². The van der Waals surface area contributed by atoms with E-state index in [-0.39, 0.29) is 18.1 Å². The lowest BCUT2D eigenvalue weighted by Gasteiger charge is -2.21. The first kappa shape index (κ1) is 34.1. The summed E-state index contributed by atoms with van der Waals surface area (Å²) in [7, 11) is 1.52. The SMILES string of the molecule is COc1cc(/C=N\NC(=O)[C@@H](Cc2ccccc2)NC(=O)[C@H](C)Oc2ccc(Cl)cc2Cl)cc(Br)c1OCc1ccccc1Cl. The van der Waals surface area contributed by atoms with Crippen molar-refractivity contribution in [3.8, 4) is 17.2 Å². The number of amides is 2. The summed E-state index contributed by atoms with van der Waals surface area (Å²) in [5.41, 5.74) is 4.81. The average molecular weight is 734 g/mol. The van der Waals surface area contributed by atoms with Gasteiger partial charge in [-0.15, -0.1) is 0 Å². The number of halogens is 4. The monoisotopic (exact) mass is 731 g/mol. The number of hydrogen-bond acceptors (Lipinski definition) is 6. The largest absolute Gasteiger partial charge is 0.493 e. The van der Waals surface area contributed by atoms with E-state index in [0.29, 0.717) is 37.3 Å². The zero-order valence-corrected chi connectivity index (χ0v) is 28.1. The molecule has 0 aliphatic heterocycles. The highest BCUT2D eigenvalue weighted by molar-refractivity contribution is 9.10. The Morgan fingerprint density at radius 3 is 2.36 bits per heavy atom. The van der Waals surface area contributed by atoms with Gasteiger partial charge in [-0.3, -0.25) is 9.59 Å². The molecule has 4 aromatic rings. The van der Waals surface area contributed by atoms with E-state index in [1.807, 2.05) is 48.5 Å². The second-order valence-corrected chi connectivity index (χ2v) is 11.8. The summed E-state index contributed by atoms with van der Waals surface area (Å²) in [6.07, 6.45) is 0.722. The molecule has 0 aliphatic carbocycles. The second kappa shape index (κ2) is 16.5. The van der Waals surface area contributed by atoms with E-state index in [0.717, 1.165) is 11.1 Å². The maximum atomic E-state index is 13.3. The number of rotatable bonds is 13. The molecular weight excluding hydrogens is 705 g/mol. The molecule has 2 atom stereocenters. The lowest BCUT2D eigenvalue weighted by atomic mass is 10.1. The van der Waals surface area contributed by atoms with Crippen LogP contribution in [0.1, 0.15) is 23.6 Å². The summed E-state index contributed by atoms with van der Waals surface area (Å²) >= 11 is 21.9. The molecule has 0 radical (unpaired) electrons. The Labute approximate surface area is 284 Å². The van der Waals surface area contributed by atoms with Gasteiger partial charge < -0.3 is 19.5 Å². The standard InChI is InChI=1S/C33H29BrCl3N3O5/c1-20(45-29-13-12-24(35)17-27(29)37)32(41)39-28(15-21-8-4-3-5-9-21)33(42)40-38-18-22-14-25(34)31(30(16-22)43-2)44-19-23-10-6-7-11-26(23)36/h3-14,16-18,20,28H,15,19H2,1-2H3,(H,39,41)(H,40,42)/b38-18-/t20-,28+/m0/s1. The zero-order valence-electron chi connectivity index (χ0n) is 24.2. The highest BCUT2D eigenvalue weighted by atomic mass is 79.9. The van der Waals surface area contributed by atoms with Crippen LogP contribution >= 0.6 is 50.7 Å². The van der Waals surface area contributed by atoms with Gasteiger partial charge in [-0.25, -0.2) is 5.43 Å². The highest BCUT2D eigenvalue weighted by Crippen LogP contribution is 2.37. The minimum Gasteiger partial charge on any atom is -0.493 e. The molecule has 0 fully saturated rings. The Morgan fingerprint density at radius 1 is 0.911 bits per heavy atom. The molecule has 0 heterocycles. The van der Waals surface area contributed by atoms with Gasteiger partial charge in [0.15, 0.2) is 17.6 Å². The maximum absolute atomic E-state index is 13.3. The fourth-order valence-electron chi connectivity index (χ4n) is 4.13. The van der Waals surface area contributed by atoms with Gasteiger partial charge in [0.05, 0.1) is 22.8 Å². The Balaban J connectivity index is 1.44. The average Bonchev–Trinajstić information content (AvgIpc) is 3.02. The molecule has 2 N–H and O–H groups in total. The van der Waals surface area contributed by atoms with Crippen LogP contribution < -0.4 is 25.0 Å². The lowest BCUT2D eigenvalue weighted by molar-refractivity contribution is -0.132. The van der Waals surface area contributed by atoms with Crippen LogP contribution in [0.25, 0.3) is 0 Å². The van der Waals surface area contributed by atoms with Crippen molar-refractivity contribution in [1.82, 2.24) is 10.7 Å². The van der Waals surface area contributed by atoms with E-state index < -0.39 is 24.0 Å². The maximum Gasteiger partial charge on any atom is 0.262 e. The van der Waals surface area contributed by atoms with Crippen molar-refractivity contribution in [2.24, 2.45) is 5.10 Å². The summed E-state index contributed by atoms with van der Waals surface area (Å²) in [6.45, 7) is 1.80. The fraction of sp³-hybridized carbons (Fsp3) is 0.182. The number of ether oxygens (including phenoxy) is 3. The second-order valence-electron chi connectivity index (χ2n) is 9.73. The molecule has 0 aromatic heterocycles. The molecule has 0 spiro atoms. The molecule has 4 aromatic carbocycles. The molecule has 0 saturated carbocycles. The number of nitrogens with zero attached hydrogens (tertiary/aromatic N) is 1. The minimum absolute atomic E-state index is 0.221. The Hall–Kier alpha value is -3.76. The Bertz CT molecular complexity index is 1670. The third-order valence-electron chi connectivity index (χ3n) is 6.45. The van der Waals surface area contributed by atoms with Gasteiger partial charge in [-0.1, -0.05) is 83.3 Å². The molecule has 234 valence electrons. The summed E-state index contributed by atoms with van der Waals surface area (Å²) < 4.78 is 17.9. The number of hydrazone groups is 1. The molecule has 4 rings (SSSR count). The normalized spacial score (nSPS) is 12.3. The first-order valence-corrected chi connectivity index (χ1v) is 15.6. The van der Waals surface area contributed by atoms with E-state index in [9.17, 15) is 9.59 Å². The smallest absolute Gasteiger partial charge is 0.262 e. The van der Waals surface area contributed by atoms with Crippen molar-refractivity contribution >= 4 is 68.8 Å². The third-order valence-corrected chi connectivity index (χ3v) is 7.94. The first-order valence-electron chi connectivity index (χ1n) is 13.7. The number of hydrogen-bond donors (Lipinski definition) is 2. The van der Waals surface area contributed by atoms with E-state index in [4.69, 9.17) is 49.0 Å². The van der Waals surface area contributed by atoms with Crippen LogP contribution in [0.15, 0.2) is 94.5 Å². The van der Waals surface area contributed by atoms with Crippen LogP contribution in [0.5, 0.6) is 17.2 Å². The molecular formula is C33H29BrCl3N3O5. The van der Waals surface area contributed by atoms with E-state index in [1.165, 1.54) is 19.4 Å². The topological polar surface area (TPSA) is 98.2 Å². The number of nitrogens with one attached hydrogen (secondary N) is 2. The Morgan fingerprint density at radius 2 is 1.64 bits per heavy atom. The van der Waals surface area contributed by atoms with Crippen molar-refractivity contribution in [2.45, 2.75) is 32.1 Å². The summed E-state index contributed by atoms with van der Waals surface area (Å²) in [5.74, 6) is 0.195. The number of methoxy groups -OCH3 is 1. The van der Waals surface area contributed by atoms with Crippen LogP contribution in [0.2, 0.25) is 15.1 Å². The molecule has 0 bridgehead atoms. The molecule has 2 amide bonds. The van der Waals surface area contributed by atoms with E-state index in [2.05, 4.69) is 31.8 Å². The minimum atomic E-state index is -0.957. The molecule has 12 heteroatoms. The van der Waals surface area contributed by atoms with Gasteiger partial charge in [0.25, 0.3) is 11.8 Å². The summed E-state index contributed by atoms with van der Waals surface area (Å²) in [6, 6.07) is 23.9. The molecule has 45 heavy (non-hydrogen) atoms. The van der Waals surface area contributed by atoms with Crippen LogP contribution in [0, 0.1) is 0 Å². The predicted molar refractivity (Wildman–Crippen MR) is 181 cm³/mol. The van der Waals surface area contributed by atoms with Gasteiger partial charge in [0, 0.05) is 22.0 Å². The summed E-state index contributed by atoms with van der Waals surface area (Å²) in [4.78, 5) is 26.3. The van der Waals surface area contributed by atoms with Crippen molar-refractivity contribution in [1.29, 1.82) is 0 Å². The van der Waals surface area contributed by atoms with Gasteiger partial charge >= 0.3 is 0 Å².